The number of benzene rings is 2. The summed E-state index contributed by atoms with van der Waals surface area (Å²) >= 11 is 0. The predicted octanol–water partition coefficient (Wildman–Crippen LogP) is 3.91. The van der Waals surface area contributed by atoms with Crippen LogP contribution in [-0.4, -0.2) is 57.3 Å². The summed E-state index contributed by atoms with van der Waals surface area (Å²) in [4.78, 5) is 14.8. The number of carbonyl (C=O) groups excluding carboxylic acids is 1. The van der Waals surface area contributed by atoms with E-state index in [4.69, 9.17) is 4.74 Å². The number of carbonyl (C=O) groups is 1. The van der Waals surface area contributed by atoms with Crippen LogP contribution >= 0.6 is 0 Å². The maximum atomic E-state index is 12.7. The fourth-order valence-corrected chi connectivity index (χ4v) is 5.31. The highest BCUT2D eigenvalue weighted by atomic mass is 32.2. The number of fused-ring (bicyclic) bond motifs is 1. The van der Waals surface area contributed by atoms with Crippen LogP contribution in [0.4, 0.5) is 0 Å². The average molecular weight is 469 g/mol. The molecule has 1 spiro atoms. The van der Waals surface area contributed by atoms with E-state index in [-0.39, 0.29) is 10.8 Å². The molecule has 6 nitrogen and oxygen atoms in total. The van der Waals surface area contributed by atoms with Gasteiger partial charge in [-0.25, -0.2) is 8.42 Å². The van der Waals surface area contributed by atoms with Crippen LogP contribution in [0.25, 0.3) is 5.57 Å². The van der Waals surface area contributed by atoms with E-state index in [2.05, 4.69) is 11.4 Å². The molecule has 2 aromatic carbocycles. The molecule has 2 heterocycles. The van der Waals surface area contributed by atoms with Crippen LogP contribution < -0.4 is 10.1 Å². The second-order valence-corrected chi connectivity index (χ2v) is 10.8. The summed E-state index contributed by atoms with van der Waals surface area (Å²) in [7, 11) is -3.36. The van der Waals surface area contributed by atoms with E-state index in [0.29, 0.717) is 24.4 Å². The molecule has 1 N–H and O–H groups in total. The van der Waals surface area contributed by atoms with Crippen molar-refractivity contribution in [3.8, 4) is 5.75 Å². The molecule has 0 radical (unpaired) electrons. The van der Waals surface area contributed by atoms with Gasteiger partial charge in [0.25, 0.3) is 5.91 Å². The van der Waals surface area contributed by atoms with Crippen molar-refractivity contribution in [2.45, 2.75) is 43.6 Å². The first-order valence-electron chi connectivity index (χ1n) is 11.6. The third-order valence-electron chi connectivity index (χ3n) is 6.56. The Bertz CT molecular complexity index is 1160. The smallest absolute Gasteiger partial charge is 0.253 e. The standard InChI is InChI=1S/C26H32N2O4S/c1-4-28(5-2)25(29)20-9-7-19(8-10-20)23-18-26(13-6-15-27-16-14-26)32-24-12-11-21(17-22(23)24)33(3,30)31/h7-12,17-18,27H,4-6,13-16H2,1-3H3. The van der Waals surface area contributed by atoms with Crippen molar-refractivity contribution in [2.24, 2.45) is 0 Å². The second kappa shape index (κ2) is 9.31. The van der Waals surface area contributed by atoms with Crippen molar-refractivity contribution in [2.75, 3.05) is 32.4 Å². The summed E-state index contributed by atoms with van der Waals surface area (Å²) in [6.07, 6.45) is 6.10. The summed E-state index contributed by atoms with van der Waals surface area (Å²) < 4.78 is 31.0. The zero-order valence-corrected chi connectivity index (χ0v) is 20.4. The SMILES string of the molecule is CCN(CC)C(=O)c1ccc(C2=CC3(CCCNCC3)Oc3ccc(S(C)(=O)=O)cc32)cc1. The van der Waals surface area contributed by atoms with E-state index < -0.39 is 15.4 Å². The number of nitrogens with zero attached hydrogens (tertiary/aromatic N) is 1. The van der Waals surface area contributed by atoms with Gasteiger partial charge in [0.05, 0.1) is 4.90 Å². The lowest BCUT2D eigenvalue weighted by atomic mass is 9.84. The monoisotopic (exact) mass is 468 g/mol. The van der Waals surface area contributed by atoms with Crippen LogP contribution in [0.3, 0.4) is 0 Å². The lowest BCUT2D eigenvalue weighted by Gasteiger charge is -2.36. The zero-order chi connectivity index (χ0) is 23.6. The van der Waals surface area contributed by atoms with E-state index in [1.54, 1.807) is 23.1 Å². The summed E-state index contributed by atoms with van der Waals surface area (Å²) in [6.45, 7) is 7.09. The van der Waals surface area contributed by atoms with Gasteiger partial charge in [-0.3, -0.25) is 4.79 Å². The lowest BCUT2D eigenvalue weighted by molar-refractivity contribution is 0.0773. The van der Waals surface area contributed by atoms with Crippen molar-refractivity contribution in [3.63, 3.8) is 0 Å². The van der Waals surface area contributed by atoms with Crippen molar-refractivity contribution >= 4 is 21.3 Å². The van der Waals surface area contributed by atoms with Gasteiger partial charge in [-0.2, -0.15) is 0 Å². The minimum Gasteiger partial charge on any atom is -0.482 e. The molecule has 0 saturated carbocycles. The third kappa shape index (κ3) is 4.84. The fraction of sp³-hybridized carbons (Fsp3) is 0.423. The Balaban J connectivity index is 1.80. The maximum Gasteiger partial charge on any atom is 0.253 e. The number of ether oxygens (including phenoxy) is 1. The Morgan fingerprint density at radius 1 is 1.06 bits per heavy atom. The van der Waals surface area contributed by atoms with Crippen LogP contribution in [0.2, 0.25) is 0 Å². The molecule has 176 valence electrons. The van der Waals surface area contributed by atoms with Crippen LogP contribution in [0.5, 0.6) is 5.75 Å². The van der Waals surface area contributed by atoms with Crippen molar-refractivity contribution in [3.05, 3.63) is 65.2 Å². The van der Waals surface area contributed by atoms with Gasteiger partial charge in [-0.1, -0.05) is 12.1 Å². The van der Waals surface area contributed by atoms with Gasteiger partial charge in [0.1, 0.15) is 11.4 Å². The first kappa shape index (κ1) is 23.5. The van der Waals surface area contributed by atoms with Crippen molar-refractivity contribution in [1.82, 2.24) is 10.2 Å². The van der Waals surface area contributed by atoms with Gasteiger partial charge >= 0.3 is 0 Å². The van der Waals surface area contributed by atoms with Crippen molar-refractivity contribution < 1.29 is 17.9 Å². The number of amides is 1. The Morgan fingerprint density at radius 2 is 1.79 bits per heavy atom. The van der Waals surface area contributed by atoms with E-state index >= 15 is 0 Å². The van der Waals surface area contributed by atoms with Crippen LogP contribution in [-0.2, 0) is 9.84 Å². The van der Waals surface area contributed by atoms with Crippen LogP contribution in [0.1, 0.15) is 54.6 Å². The number of nitrogens with one attached hydrogen (secondary N) is 1. The summed E-state index contributed by atoms with van der Waals surface area (Å²) in [5, 5.41) is 3.44. The molecule has 2 aliphatic heterocycles. The molecule has 1 saturated heterocycles. The molecule has 1 unspecified atom stereocenters. The Morgan fingerprint density at radius 3 is 2.45 bits per heavy atom. The van der Waals surface area contributed by atoms with Gasteiger partial charge < -0.3 is 15.0 Å². The molecule has 7 heteroatoms. The minimum atomic E-state index is -3.36. The highest BCUT2D eigenvalue weighted by Crippen LogP contribution is 2.43. The maximum absolute atomic E-state index is 12.7. The van der Waals surface area contributed by atoms with Gasteiger partial charge in [-0.05, 0) is 87.3 Å². The molecule has 33 heavy (non-hydrogen) atoms. The number of hydrogen-bond donors (Lipinski definition) is 1. The van der Waals surface area contributed by atoms with Gasteiger partial charge in [0.15, 0.2) is 9.84 Å². The molecule has 1 amide bonds. The molecule has 2 aliphatic rings. The summed E-state index contributed by atoms with van der Waals surface area (Å²) in [5.41, 5.74) is 2.87. The van der Waals surface area contributed by atoms with E-state index in [1.807, 2.05) is 38.1 Å². The number of hydrogen-bond acceptors (Lipinski definition) is 5. The largest absolute Gasteiger partial charge is 0.482 e. The molecular formula is C26H32N2O4S. The predicted molar refractivity (Wildman–Crippen MR) is 130 cm³/mol. The molecule has 0 bridgehead atoms. The first-order chi connectivity index (χ1) is 15.8. The van der Waals surface area contributed by atoms with E-state index in [0.717, 1.165) is 49.1 Å². The van der Waals surface area contributed by atoms with Crippen LogP contribution in [0, 0.1) is 0 Å². The van der Waals surface area contributed by atoms with Crippen LogP contribution in [0.15, 0.2) is 53.4 Å². The van der Waals surface area contributed by atoms with Gasteiger partial charge in [0.2, 0.25) is 0 Å². The van der Waals surface area contributed by atoms with Gasteiger partial charge in [0, 0.05) is 36.9 Å². The van der Waals surface area contributed by atoms with E-state index in [9.17, 15) is 13.2 Å². The Hall–Kier alpha value is -2.64. The molecule has 0 aromatic heterocycles. The normalized spacial score (nSPS) is 20.4. The average Bonchev–Trinajstić information content (AvgIpc) is 3.03. The second-order valence-electron chi connectivity index (χ2n) is 8.81. The molecule has 4 rings (SSSR count). The third-order valence-corrected chi connectivity index (χ3v) is 7.67. The molecule has 1 atom stereocenters. The molecule has 1 fully saturated rings. The topological polar surface area (TPSA) is 75.7 Å². The lowest BCUT2D eigenvalue weighted by Crippen LogP contribution is -2.37. The number of sulfone groups is 1. The first-order valence-corrected chi connectivity index (χ1v) is 13.5. The molecular weight excluding hydrogens is 436 g/mol. The Labute approximate surface area is 196 Å². The summed E-state index contributed by atoms with van der Waals surface area (Å²) in [6, 6.07) is 12.7. The summed E-state index contributed by atoms with van der Waals surface area (Å²) in [5.74, 6) is 0.712. The van der Waals surface area contributed by atoms with Crippen molar-refractivity contribution in [1.29, 1.82) is 0 Å². The highest BCUT2D eigenvalue weighted by Gasteiger charge is 2.36. The molecule has 0 aliphatic carbocycles. The van der Waals surface area contributed by atoms with Gasteiger partial charge in [-0.15, -0.1) is 0 Å². The van der Waals surface area contributed by atoms with E-state index in [1.165, 1.54) is 6.26 Å². The Kier molecular flexibility index (Phi) is 6.64. The number of rotatable bonds is 5. The minimum absolute atomic E-state index is 0.0126. The zero-order valence-electron chi connectivity index (χ0n) is 19.6. The molecule has 2 aromatic rings. The highest BCUT2D eigenvalue weighted by molar-refractivity contribution is 7.90. The fourth-order valence-electron chi connectivity index (χ4n) is 4.66. The quantitative estimate of drug-likeness (QED) is 0.720.